The third-order valence-electron chi connectivity index (χ3n) is 14.0. The molecule has 3 aliphatic heterocycles. The molecule has 8 rings (SSSR count). The molecule has 3 atom stereocenters. The molecule has 22 heteroatoms. The quantitative estimate of drug-likeness (QED) is 0.0224. The zero-order valence-corrected chi connectivity index (χ0v) is 42.3. The average Bonchev–Trinajstić information content (AvgIpc) is 3.95. The van der Waals surface area contributed by atoms with Crippen molar-refractivity contribution in [3.05, 3.63) is 110 Å². The normalized spacial score (nSPS) is 16.3. The maximum Gasteiger partial charge on any atom is 0.313 e. The van der Waals surface area contributed by atoms with Gasteiger partial charge in [-0.05, 0) is 72.9 Å². The predicted octanol–water partition coefficient (Wildman–Crippen LogP) is 1.96. The Kier molecular flexibility index (Phi) is 17.4. The van der Waals surface area contributed by atoms with E-state index in [-0.39, 0.29) is 55.9 Å². The smallest absolute Gasteiger partial charge is 0.313 e. The van der Waals surface area contributed by atoms with Gasteiger partial charge in [-0.1, -0.05) is 56.5 Å². The molecule has 4 aliphatic rings. The molecule has 400 valence electrons. The second kappa shape index (κ2) is 24.5. The van der Waals surface area contributed by atoms with Gasteiger partial charge in [0.15, 0.2) is 0 Å². The van der Waals surface area contributed by atoms with Gasteiger partial charge in [0.2, 0.25) is 35.4 Å². The second-order valence-corrected chi connectivity index (χ2v) is 19.2. The Balaban J connectivity index is 0.806. The van der Waals surface area contributed by atoms with Crippen molar-refractivity contribution in [2.24, 2.45) is 0 Å². The number of imide groups is 1. The number of benzene rings is 2. The Morgan fingerprint density at radius 3 is 2.32 bits per heavy atom. The molecule has 2 aromatic carbocycles. The summed E-state index contributed by atoms with van der Waals surface area (Å²) in [6.07, 6.45) is 7.12. The van der Waals surface area contributed by atoms with E-state index in [1.165, 1.54) is 18.2 Å². The first-order valence-corrected chi connectivity index (χ1v) is 25.5. The number of nitrogens with one attached hydrogen (secondary N) is 6. The molecule has 5 heterocycles. The number of aryl methyl sites for hydroxylation is 1. The second-order valence-electron chi connectivity index (χ2n) is 19.2. The van der Waals surface area contributed by atoms with Crippen LogP contribution in [0.1, 0.15) is 109 Å². The molecular weight excluding hydrogens is 986 g/mol. The number of pyridine rings is 2. The van der Waals surface area contributed by atoms with E-state index in [0.29, 0.717) is 88.6 Å². The lowest BCUT2D eigenvalue weighted by atomic mass is 9.81. The van der Waals surface area contributed by atoms with Gasteiger partial charge in [0.1, 0.15) is 31.8 Å². The Morgan fingerprint density at radius 2 is 1.55 bits per heavy atom. The lowest BCUT2D eigenvalue weighted by Crippen LogP contribution is -2.52. The fourth-order valence-electron chi connectivity index (χ4n) is 10.1. The van der Waals surface area contributed by atoms with Gasteiger partial charge < -0.3 is 45.9 Å². The van der Waals surface area contributed by atoms with E-state index < -0.39 is 92.2 Å². The number of esters is 1. The number of aromatic nitrogens is 2. The summed E-state index contributed by atoms with van der Waals surface area (Å²) in [7, 11) is 0. The number of cyclic esters (lactones) is 1. The molecule has 0 bridgehead atoms. The zero-order valence-electron chi connectivity index (χ0n) is 42.3. The monoisotopic (exact) mass is 1050 g/mol. The maximum atomic E-state index is 15.4. The minimum absolute atomic E-state index is 0.0468. The van der Waals surface area contributed by atoms with Gasteiger partial charge in [0, 0.05) is 48.6 Å². The summed E-state index contributed by atoms with van der Waals surface area (Å²) in [4.78, 5) is 134. The average molecular weight is 1050 g/mol. The molecule has 0 unspecified atom stereocenters. The number of hydrogen-bond donors (Lipinski definition) is 6. The number of nitrogens with zero attached hydrogens (tertiary/aromatic N) is 3. The minimum Gasteiger partial charge on any atom is -0.460 e. The number of fused-ring (bicyclic) bond motifs is 5. The van der Waals surface area contributed by atoms with Gasteiger partial charge in [-0.15, -0.1) is 0 Å². The van der Waals surface area contributed by atoms with Gasteiger partial charge in [-0.3, -0.25) is 52.8 Å². The SMILES string of the molecule is CCCC[C@@H]1C(=O)OCc2c1cc1n(c2=O)Cc2c-1nc1cc(F)c(C)c3c1c2[C@@H](NC(=O)COCNC(=O)CNC(=O)[C@H](Cc1ccccc1)NC(=O)CNC(=O)CNC(=O)CCCCCN1C(=O)C=CC1=O)CC3. The topological polar surface area (TPSA) is 282 Å². The van der Waals surface area contributed by atoms with Crippen molar-refractivity contribution in [1.29, 1.82) is 0 Å². The summed E-state index contributed by atoms with van der Waals surface area (Å²) in [6.45, 7) is 1.69. The highest BCUT2D eigenvalue weighted by atomic mass is 19.1. The van der Waals surface area contributed by atoms with Crippen LogP contribution in [0.25, 0.3) is 22.3 Å². The highest BCUT2D eigenvalue weighted by Gasteiger charge is 2.38. The summed E-state index contributed by atoms with van der Waals surface area (Å²) < 4.78 is 28.0. The van der Waals surface area contributed by atoms with Crippen LogP contribution in [0.5, 0.6) is 0 Å². The summed E-state index contributed by atoms with van der Waals surface area (Å²) >= 11 is 0. The van der Waals surface area contributed by atoms with E-state index in [1.807, 2.05) is 13.0 Å². The number of carbonyl (C=O) groups is 9. The van der Waals surface area contributed by atoms with Crippen LogP contribution in [0.4, 0.5) is 4.39 Å². The number of hydrogen-bond acceptors (Lipinski definition) is 13. The van der Waals surface area contributed by atoms with Crippen molar-refractivity contribution in [2.45, 2.75) is 109 Å². The van der Waals surface area contributed by atoms with E-state index in [1.54, 1.807) is 41.8 Å². The number of ether oxygens (including phenoxy) is 2. The van der Waals surface area contributed by atoms with Crippen LogP contribution in [-0.2, 0) is 78.6 Å². The van der Waals surface area contributed by atoms with Crippen LogP contribution in [0, 0.1) is 12.7 Å². The van der Waals surface area contributed by atoms with Crippen LogP contribution in [0.2, 0.25) is 0 Å². The van der Waals surface area contributed by atoms with Crippen LogP contribution < -0.4 is 37.5 Å². The van der Waals surface area contributed by atoms with Gasteiger partial charge in [-0.25, -0.2) is 9.37 Å². The van der Waals surface area contributed by atoms with Crippen molar-refractivity contribution in [1.82, 2.24) is 46.4 Å². The Bertz CT molecular complexity index is 3070. The maximum absolute atomic E-state index is 15.4. The number of carbonyl (C=O) groups excluding carboxylic acids is 9. The molecule has 21 nitrogen and oxygen atoms in total. The lowest BCUT2D eigenvalue weighted by Gasteiger charge is -2.29. The summed E-state index contributed by atoms with van der Waals surface area (Å²) in [5.41, 5.74) is 5.47. The number of amides is 8. The van der Waals surface area contributed by atoms with Crippen molar-refractivity contribution in [2.75, 3.05) is 39.5 Å². The molecule has 0 spiro atoms. The molecule has 0 saturated carbocycles. The summed E-state index contributed by atoms with van der Waals surface area (Å²) in [6, 6.07) is 10.3. The Hall–Kier alpha value is -8.14. The standard InChI is InChI=1S/C54H60FN9O12/c1-3-4-13-33-34-21-41-51-35(26-64(41)53(73)36(34)27-76-54(33)74)50-38(16-15-32-30(2)37(55)22-39(62-51)49(32)50)60-46(69)28-75-29-59-44(67)24-58-52(72)40(20-31-11-7-5-8-12-31)61-45(68)25-57-43(66)23-56-42(65)14-9-6-10-19-63-47(70)17-18-48(63)71/h5,7-8,11-12,17-18,21-22,33,38,40H,3-4,6,9-10,13-16,19-20,23-29H2,1-2H3,(H,56,65)(H,57,66)(H,58,72)(H,59,67)(H,60,69)(H,61,68)/t33-,38-,40-/m0/s1. The minimum atomic E-state index is -1.15. The highest BCUT2D eigenvalue weighted by molar-refractivity contribution is 6.12. The molecule has 0 radical (unpaired) electrons. The molecule has 1 aliphatic carbocycles. The van der Waals surface area contributed by atoms with E-state index in [0.717, 1.165) is 28.9 Å². The van der Waals surface area contributed by atoms with Crippen LogP contribution in [0.15, 0.2) is 59.4 Å². The molecule has 0 saturated heterocycles. The van der Waals surface area contributed by atoms with E-state index >= 15 is 4.39 Å². The van der Waals surface area contributed by atoms with Crippen molar-refractivity contribution in [3.63, 3.8) is 0 Å². The summed E-state index contributed by atoms with van der Waals surface area (Å²) in [5, 5.41) is 16.2. The highest BCUT2D eigenvalue weighted by Crippen LogP contribution is 2.45. The molecule has 6 N–H and O–H groups in total. The predicted molar refractivity (Wildman–Crippen MR) is 271 cm³/mol. The van der Waals surface area contributed by atoms with Crippen molar-refractivity contribution in [3.8, 4) is 11.4 Å². The fraction of sp³-hybridized carbons (Fsp3) is 0.426. The lowest BCUT2D eigenvalue weighted by molar-refractivity contribution is -0.148. The Labute approximate surface area is 436 Å². The van der Waals surface area contributed by atoms with Crippen molar-refractivity contribution >= 4 is 64.1 Å². The Morgan fingerprint density at radius 1 is 0.829 bits per heavy atom. The van der Waals surface area contributed by atoms with Crippen LogP contribution in [0.3, 0.4) is 0 Å². The van der Waals surface area contributed by atoms with Gasteiger partial charge in [0.25, 0.3) is 17.4 Å². The van der Waals surface area contributed by atoms with E-state index in [2.05, 4.69) is 31.9 Å². The van der Waals surface area contributed by atoms with Crippen LogP contribution in [-0.4, -0.2) is 113 Å². The number of unbranched alkanes of at least 4 members (excludes halogenated alkanes) is 3. The number of halogens is 1. The number of rotatable bonds is 24. The summed E-state index contributed by atoms with van der Waals surface area (Å²) in [5.74, 6) is -5.76. The van der Waals surface area contributed by atoms with Gasteiger partial charge >= 0.3 is 5.97 Å². The molecule has 76 heavy (non-hydrogen) atoms. The molecule has 4 aromatic rings. The largest absolute Gasteiger partial charge is 0.460 e. The van der Waals surface area contributed by atoms with Crippen molar-refractivity contribution < 1.29 is 57.0 Å². The zero-order chi connectivity index (χ0) is 54.0. The van der Waals surface area contributed by atoms with Crippen LogP contribution >= 0.6 is 0 Å². The third-order valence-corrected chi connectivity index (χ3v) is 14.0. The molecule has 8 amide bonds. The first-order chi connectivity index (χ1) is 36.6. The molecule has 2 aromatic heterocycles. The molecular formula is C54H60FN9O12. The first kappa shape index (κ1) is 54.1. The molecule has 0 fully saturated rings. The van der Waals surface area contributed by atoms with Gasteiger partial charge in [-0.2, -0.15) is 0 Å². The van der Waals surface area contributed by atoms with E-state index in [4.69, 9.17) is 14.5 Å². The third kappa shape index (κ3) is 12.5. The first-order valence-electron chi connectivity index (χ1n) is 25.5. The fourth-order valence-corrected chi connectivity index (χ4v) is 10.1. The van der Waals surface area contributed by atoms with Gasteiger partial charge in [0.05, 0.1) is 60.6 Å². The van der Waals surface area contributed by atoms with E-state index in [9.17, 15) is 47.9 Å².